The summed E-state index contributed by atoms with van der Waals surface area (Å²) in [6.07, 6.45) is 0. The Labute approximate surface area is 116 Å². The zero-order valence-corrected chi connectivity index (χ0v) is 10.3. The normalized spacial score (nSPS) is 10.2. The van der Waals surface area contributed by atoms with Crippen LogP contribution >= 0.6 is 0 Å². The Kier molecular flexibility index (Phi) is 3.88. The van der Waals surface area contributed by atoms with Crippen LogP contribution in [-0.4, -0.2) is 10.8 Å². The highest BCUT2D eigenvalue weighted by atomic mass is 19.1. The van der Waals surface area contributed by atoms with Gasteiger partial charge in [-0.1, -0.05) is 6.07 Å². The van der Waals surface area contributed by atoms with Crippen LogP contribution in [0.15, 0.2) is 36.4 Å². The van der Waals surface area contributed by atoms with Gasteiger partial charge in [-0.3, -0.25) is 14.9 Å². The average molecular weight is 296 g/mol. The maximum atomic E-state index is 13.5. The fraction of sp³-hybridized carbons (Fsp3) is 0. The van der Waals surface area contributed by atoms with Crippen molar-refractivity contribution in [1.29, 1.82) is 0 Å². The molecule has 0 unspecified atom stereocenters. The van der Waals surface area contributed by atoms with Crippen molar-refractivity contribution in [3.8, 4) is 0 Å². The first kappa shape index (κ1) is 14.5. The molecule has 0 aromatic heterocycles. The van der Waals surface area contributed by atoms with Crippen LogP contribution in [0.5, 0.6) is 0 Å². The van der Waals surface area contributed by atoms with Crippen molar-refractivity contribution in [2.24, 2.45) is 0 Å². The second kappa shape index (κ2) is 5.61. The van der Waals surface area contributed by atoms with Gasteiger partial charge >= 0.3 is 0 Å². The summed E-state index contributed by atoms with van der Waals surface area (Å²) in [7, 11) is 0. The van der Waals surface area contributed by atoms with Crippen molar-refractivity contribution < 1.29 is 22.9 Å². The molecule has 0 spiro atoms. The zero-order valence-electron chi connectivity index (χ0n) is 10.3. The molecule has 0 heterocycles. The third-order valence-corrected chi connectivity index (χ3v) is 2.61. The number of rotatable bonds is 3. The van der Waals surface area contributed by atoms with Gasteiger partial charge in [-0.05, 0) is 18.2 Å². The topological polar surface area (TPSA) is 72.2 Å². The SMILES string of the molecule is O=C(Nc1c(F)cccc1F)c1cc([N+](=O)[O-])ccc1F. The van der Waals surface area contributed by atoms with Crippen molar-refractivity contribution >= 4 is 17.3 Å². The van der Waals surface area contributed by atoms with E-state index in [1.807, 2.05) is 5.32 Å². The summed E-state index contributed by atoms with van der Waals surface area (Å²) in [4.78, 5) is 21.6. The number of nitrogens with one attached hydrogen (secondary N) is 1. The summed E-state index contributed by atoms with van der Waals surface area (Å²) in [6, 6.07) is 5.18. The van der Waals surface area contributed by atoms with Crippen LogP contribution in [0.25, 0.3) is 0 Å². The largest absolute Gasteiger partial charge is 0.317 e. The van der Waals surface area contributed by atoms with Crippen LogP contribution in [0.1, 0.15) is 10.4 Å². The summed E-state index contributed by atoms with van der Waals surface area (Å²) < 4.78 is 40.3. The highest BCUT2D eigenvalue weighted by Gasteiger charge is 2.19. The predicted molar refractivity (Wildman–Crippen MR) is 67.4 cm³/mol. The predicted octanol–water partition coefficient (Wildman–Crippen LogP) is 3.26. The maximum absolute atomic E-state index is 13.5. The van der Waals surface area contributed by atoms with E-state index in [0.29, 0.717) is 6.07 Å². The van der Waals surface area contributed by atoms with E-state index < -0.39 is 45.2 Å². The molecule has 21 heavy (non-hydrogen) atoms. The highest BCUT2D eigenvalue weighted by Crippen LogP contribution is 2.21. The number of hydrogen-bond donors (Lipinski definition) is 1. The van der Waals surface area contributed by atoms with Gasteiger partial charge in [-0.2, -0.15) is 0 Å². The third kappa shape index (κ3) is 2.99. The molecular formula is C13H7F3N2O3. The van der Waals surface area contributed by atoms with E-state index in [4.69, 9.17) is 0 Å². The second-order valence-electron chi connectivity index (χ2n) is 3.97. The van der Waals surface area contributed by atoms with Gasteiger partial charge in [-0.15, -0.1) is 0 Å². The van der Waals surface area contributed by atoms with E-state index in [2.05, 4.69) is 0 Å². The standard InChI is InChI=1S/C13H7F3N2O3/c14-9-5-4-7(18(20)21)6-8(9)13(19)17-12-10(15)2-1-3-11(12)16/h1-6H,(H,17,19). The number of non-ortho nitro benzene ring substituents is 1. The maximum Gasteiger partial charge on any atom is 0.270 e. The number of benzene rings is 2. The molecule has 5 nitrogen and oxygen atoms in total. The third-order valence-electron chi connectivity index (χ3n) is 2.61. The van der Waals surface area contributed by atoms with Crippen LogP contribution in [0.2, 0.25) is 0 Å². The van der Waals surface area contributed by atoms with E-state index in [0.717, 1.165) is 30.3 Å². The lowest BCUT2D eigenvalue weighted by molar-refractivity contribution is -0.384. The molecule has 2 rings (SSSR count). The van der Waals surface area contributed by atoms with Crippen LogP contribution in [0, 0.1) is 27.6 Å². The molecule has 0 bridgehead atoms. The molecule has 8 heteroatoms. The monoisotopic (exact) mass is 296 g/mol. The van der Waals surface area contributed by atoms with E-state index in [1.54, 1.807) is 0 Å². The first-order valence-corrected chi connectivity index (χ1v) is 5.59. The van der Waals surface area contributed by atoms with Crippen molar-refractivity contribution in [3.05, 3.63) is 69.5 Å². The number of para-hydroxylation sites is 1. The Hall–Kier alpha value is -2.90. The molecule has 1 amide bonds. The molecule has 0 atom stereocenters. The quantitative estimate of drug-likeness (QED) is 0.698. The Bertz CT molecular complexity index is 714. The van der Waals surface area contributed by atoms with Gasteiger partial charge < -0.3 is 5.32 Å². The zero-order chi connectivity index (χ0) is 15.6. The summed E-state index contributed by atoms with van der Waals surface area (Å²) in [5.74, 6) is -4.33. The van der Waals surface area contributed by atoms with Gasteiger partial charge in [0.05, 0.1) is 10.5 Å². The van der Waals surface area contributed by atoms with Crippen molar-refractivity contribution in [1.82, 2.24) is 0 Å². The van der Waals surface area contributed by atoms with Gasteiger partial charge in [-0.25, -0.2) is 13.2 Å². The fourth-order valence-corrected chi connectivity index (χ4v) is 1.60. The Morgan fingerprint density at radius 3 is 2.24 bits per heavy atom. The van der Waals surface area contributed by atoms with E-state index in [1.165, 1.54) is 0 Å². The molecule has 0 aliphatic rings. The number of carbonyl (C=O) groups is 1. The van der Waals surface area contributed by atoms with Crippen LogP contribution < -0.4 is 5.32 Å². The molecule has 2 aromatic carbocycles. The lowest BCUT2D eigenvalue weighted by atomic mass is 10.1. The van der Waals surface area contributed by atoms with Crippen molar-refractivity contribution in [2.45, 2.75) is 0 Å². The van der Waals surface area contributed by atoms with Crippen molar-refractivity contribution in [3.63, 3.8) is 0 Å². The molecule has 0 saturated carbocycles. The highest BCUT2D eigenvalue weighted by molar-refractivity contribution is 6.05. The summed E-state index contributed by atoms with van der Waals surface area (Å²) in [6.45, 7) is 0. The number of hydrogen-bond acceptors (Lipinski definition) is 3. The number of anilines is 1. The van der Waals surface area contributed by atoms with Crippen LogP contribution in [-0.2, 0) is 0 Å². The van der Waals surface area contributed by atoms with Gasteiger partial charge in [0.25, 0.3) is 11.6 Å². The Morgan fingerprint density at radius 1 is 1.05 bits per heavy atom. The summed E-state index contributed by atoms with van der Waals surface area (Å²) in [5.41, 5.74) is -1.96. The average Bonchev–Trinajstić information content (AvgIpc) is 2.43. The van der Waals surface area contributed by atoms with Crippen molar-refractivity contribution in [2.75, 3.05) is 5.32 Å². The van der Waals surface area contributed by atoms with E-state index >= 15 is 0 Å². The first-order chi connectivity index (χ1) is 9.90. The summed E-state index contributed by atoms with van der Waals surface area (Å²) >= 11 is 0. The molecular weight excluding hydrogens is 289 g/mol. The Balaban J connectivity index is 2.37. The number of amides is 1. The molecule has 2 aromatic rings. The first-order valence-electron chi connectivity index (χ1n) is 5.59. The number of nitro benzene ring substituents is 1. The minimum Gasteiger partial charge on any atom is -0.317 e. The molecule has 108 valence electrons. The van der Waals surface area contributed by atoms with E-state index in [9.17, 15) is 28.1 Å². The number of nitrogens with zero attached hydrogens (tertiary/aromatic N) is 1. The molecule has 1 N–H and O–H groups in total. The number of carbonyl (C=O) groups excluding carboxylic acids is 1. The lowest BCUT2D eigenvalue weighted by Crippen LogP contribution is -2.16. The van der Waals surface area contributed by atoms with Crippen LogP contribution in [0.4, 0.5) is 24.5 Å². The molecule has 0 aliphatic heterocycles. The molecule has 0 fully saturated rings. The van der Waals surface area contributed by atoms with E-state index in [-0.39, 0.29) is 0 Å². The molecule has 0 aliphatic carbocycles. The minimum atomic E-state index is -1.19. The van der Waals surface area contributed by atoms with Gasteiger partial charge in [0, 0.05) is 12.1 Å². The summed E-state index contributed by atoms with van der Waals surface area (Å²) in [5, 5.41) is 12.4. The molecule has 0 radical (unpaired) electrons. The second-order valence-corrected chi connectivity index (χ2v) is 3.97. The smallest absolute Gasteiger partial charge is 0.270 e. The van der Waals surface area contributed by atoms with Gasteiger partial charge in [0.15, 0.2) is 0 Å². The lowest BCUT2D eigenvalue weighted by Gasteiger charge is -2.08. The number of nitro groups is 1. The minimum absolute atomic E-state index is 0.518. The van der Waals surface area contributed by atoms with Gasteiger partial charge in [0.2, 0.25) is 0 Å². The Morgan fingerprint density at radius 2 is 1.67 bits per heavy atom. The molecule has 0 saturated heterocycles. The van der Waals surface area contributed by atoms with Crippen LogP contribution in [0.3, 0.4) is 0 Å². The fourth-order valence-electron chi connectivity index (χ4n) is 1.60. The van der Waals surface area contributed by atoms with Gasteiger partial charge in [0.1, 0.15) is 23.1 Å². The number of halogens is 3.